The van der Waals surface area contributed by atoms with Gasteiger partial charge >= 0.3 is 0 Å². The largest absolute Gasteiger partial charge is 0.386 e. The lowest BCUT2D eigenvalue weighted by atomic mass is 9.92. The topological polar surface area (TPSA) is 49.7 Å². The molecule has 1 rings (SSSR count). The first kappa shape index (κ1) is 12.0. The van der Waals surface area contributed by atoms with Crippen LogP contribution in [0.25, 0.3) is 0 Å². The monoisotopic (exact) mass is 210 g/mol. The molecular weight excluding hydrogens is 192 g/mol. The van der Waals surface area contributed by atoms with Crippen LogP contribution in [0.5, 0.6) is 5.75 Å². The normalized spacial score (nSPS) is 11.9. The molecule has 0 saturated heterocycles. The summed E-state index contributed by atoms with van der Waals surface area (Å²) in [4.78, 5) is 4.25. The second kappa shape index (κ2) is 4.21. The summed E-state index contributed by atoms with van der Waals surface area (Å²) in [6, 6.07) is 5.41. The van der Waals surface area contributed by atoms with Crippen LogP contribution in [0.1, 0.15) is 44.7 Å². The van der Waals surface area contributed by atoms with Crippen LogP contribution >= 0.6 is 0 Å². The summed E-state index contributed by atoms with van der Waals surface area (Å²) in [5.41, 5.74) is 0.673. The molecule has 1 aromatic carbocycles. The van der Waals surface area contributed by atoms with Crippen molar-refractivity contribution in [2.75, 3.05) is 0 Å². The number of rotatable bonds is 3. The number of hydrogen-bond donors (Lipinski definition) is 2. The molecule has 0 amide bonds. The minimum Gasteiger partial charge on any atom is -0.386 e. The first-order chi connectivity index (χ1) is 6.86. The number of hydrogen-bond acceptors (Lipinski definition) is 3. The fourth-order valence-electron chi connectivity index (χ4n) is 1.46. The van der Waals surface area contributed by atoms with Crippen LogP contribution in [0, 0.1) is 0 Å². The lowest BCUT2D eigenvalue weighted by Gasteiger charge is -2.21. The molecule has 15 heavy (non-hydrogen) atoms. The minimum absolute atomic E-state index is 0.298. The molecule has 0 unspecified atom stereocenters. The van der Waals surface area contributed by atoms with E-state index in [1.165, 1.54) is 0 Å². The maximum absolute atomic E-state index is 9.92. The molecule has 0 radical (unpaired) electrons. The van der Waals surface area contributed by atoms with Gasteiger partial charge in [0.15, 0.2) is 5.75 Å². The molecule has 3 nitrogen and oxygen atoms in total. The maximum atomic E-state index is 9.92. The predicted molar refractivity (Wildman–Crippen MR) is 59.0 cm³/mol. The Kier molecular flexibility index (Phi) is 3.37. The molecule has 0 fully saturated rings. The van der Waals surface area contributed by atoms with Crippen LogP contribution < -0.4 is 4.89 Å². The van der Waals surface area contributed by atoms with Gasteiger partial charge in [-0.25, -0.2) is 5.26 Å². The molecule has 0 aliphatic carbocycles. The van der Waals surface area contributed by atoms with Gasteiger partial charge in [-0.2, -0.15) is 0 Å². The molecule has 0 heterocycles. The van der Waals surface area contributed by atoms with Crippen LogP contribution in [-0.4, -0.2) is 10.4 Å². The third-order valence-corrected chi connectivity index (χ3v) is 2.43. The second-order valence-electron chi connectivity index (χ2n) is 4.56. The summed E-state index contributed by atoms with van der Waals surface area (Å²) >= 11 is 0. The molecule has 0 aliphatic heterocycles. The van der Waals surface area contributed by atoms with Gasteiger partial charge in [0.1, 0.15) is 0 Å². The molecule has 0 aromatic heterocycles. The van der Waals surface area contributed by atoms with Crippen LogP contribution in [0.4, 0.5) is 0 Å². The Morgan fingerprint density at radius 3 is 2.27 bits per heavy atom. The Morgan fingerprint density at radius 2 is 1.87 bits per heavy atom. The molecule has 0 aliphatic rings. The van der Waals surface area contributed by atoms with Crippen molar-refractivity contribution >= 4 is 0 Å². The van der Waals surface area contributed by atoms with Gasteiger partial charge in [-0.15, -0.1) is 0 Å². The van der Waals surface area contributed by atoms with Gasteiger partial charge in [-0.05, 0) is 37.5 Å². The second-order valence-corrected chi connectivity index (χ2v) is 4.56. The van der Waals surface area contributed by atoms with Crippen LogP contribution in [0.3, 0.4) is 0 Å². The average Bonchev–Trinajstić information content (AvgIpc) is 2.15. The van der Waals surface area contributed by atoms with Crippen LogP contribution in [-0.2, 0) is 5.60 Å². The first-order valence-electron chi connectivity index (χ1n) is 5.04. The number of aliphatic hydroxyl groups is 1. The highest BCUT2D eigenvalue weighted by Crippen LogP contribution is 2.32. The van der Waals surface area contributed by atoms with E-state index >= 15 is 0 Å². The maximum Gasteiger partial charge on any atom is 0.171 e. The molecular formula is C12H18O3. The third kappa shape index (κ3) is 2.70. The summed E-state index contributed by atoms with van der Waals surface area (Å²) in [6.45, 7) is 7.47. The molecule has 3 heteroatoms. The highest BCUT2D eigenvalue weighted by molar-refractivity contribution is 5.41. The fraction of sp³-hybridized carbons (Fsp3) is 0.500. The zero-order valence-corrected chi connectivity index (χ0v) is 9.61. The SMILES string of the molecule is CC(C)c1ccc(OO)c(C(C)(C)O)c1. The zero-order valence-electron chi connectivity index (χ0n) is 9.61. The summed E-state index contributed by atoms with van der Waals surface area (Å²) < 4.78 is 0. The molecule has 0 atom stereocenters. The van der Waals surface area contributed by atoms with Crippen molar-refractivity contribution in [2.24, 2.45) is 0 Å². The van der Waals surface area contributed by atoms with Crippen molar-refractivity contribution in [3.8, 4) is 5.75 Å². The summed E-state index contributed by atoms with van der Waals surface area (Å²) in [7, 11) is 0. The van der Waals surface area contributed by atoms with E-state index < -0.39 is 5.60 Å². The number of benzene rings is 1. The van der Waals surface area contributed by atoms with E-state index in [2.05, 4.69) is 18.7 Å². The predicted octanol–water partition coefficient (Wildman–Crippen LogP) is 2.89. The Hall–Kier alpha value is -1.06. The van der Waals surface area contributed by atoms with Crippen molar-refractivity contribution < 1.29 is 15.3 Å². The molecule has 0 saturated carbocycles. The smallest absolute Gasteiger partial charge is 0.171 e. The van der Waals surface area contributed by atoms with E-state index in [1.807, 2.05) is 12.1 Å². The third-order valence-electron chi connectivity index (χ3n) is 2.43. The van der Waals surface area contributed by atoms with Crippen molar-refractivity contribution in [3.63, 3.8) is 0 Å². The van der Waals surface area contributed by atoms with E-state index in [-0.39, 0.29) is 0 Å². The Morgan fingerprint density at radius 1 is 1.27 bits per heavy atom. The van der Waals surface area contributed by atoms with Gasteiger partial charge in [0.05, 0.1) is 5.60 Å². The lowest BCUT2D eigenvalue weighted by Crippen LogP contribution is -2.17. The van der Waals surface area contributed by atoms with E-state index in [9.17, 15) is 5.11 Å². The van der Waals surface area contributed by atoms with Gasteiger partial charge in [-0.1, -0.05) is 19.9 Å². The lowest BCUT2D eigenvalue weighted by molar-refractivity contribution is -0.140. The van der Waals surface area contributed by atoms with E-state index in [1.54, 1.807) is 19.9 Å². The molecule has 2 N–H and O–H groups in total. The van der Waals surface area contributed by atoms with Gasteiger partial charge in [0.2, 0.25) is 0 Å². The summed E-state index contributed by atoms with van der Waals surface area (Å²) in [5.74, 6) is 0.672. The van der Waals surface area contributed by atoms with Gasteiger partial charge in [-0.3, -0.25) is 0 Å². The standard InChI is InChI=1S/C12H18O3/c1-8(2)9-5-6-11(15-14)10(7-9)12(3,4)13/h5-8,13-14H,1-4H3. The van der Waals surface area contributed by atoms with Crippen LogP contribution in [0.2, 0.25) is 0 Å². The Labute approximate surface area is 90.3 Å². The fourth-order valence-corrected chi connectivity index (χ4v) is 1.46. The van der Waals surface area contributed by atoms with E-state index in [0.29, 0.717) is 17.2 Å². The zero-order chi connectivity index (χ0) is 11.6. The summed E-state index contributed by atoms with van der Waals surface area (Å²) in [6.07, 6.45) is 0. The molecule has 1 aromatic rings. The highest BCUT2D eigenvalue weighted by atomic mass is 17.1. The van der Waals surface area contributed by atoms with Gasteiger partial charge in [0, 0.05) is 5.56 Å². The summed E-state index contributed by atoms with van der Waals surface area (Å²) in [5, 5.41) is 18.6. The van der Waals surface area contributed by atoms with E-state index in [4.69, 9.17) is 5.26 Å². The van der Waals surface area contributed by atoms with Crippen molar-refractivity contribution in [2.45, 2.75) is 39.2 Å². The highest BCUT2D eigenvalue weighted by Gasteiger charge is 2.22. The van der Waals surface area contributed by atoms with Gasteiger partial charge in [0.25, 0.3) is 0 Å². The van der Waals surface area contributed by atoms with Gasteiger partial charge < -0.3 is 9.99 Å². The minimum atomic E-state index is -1.02. The first-order valence-corrected chi connectivity index (χ1v) is 5.04. The Balaban J connectivity index is 3.26. The molecule has 84 valence electrons. The average molecular weight is 210 g/mol. The van der Waals surface area contributed by atoms with Crippen molar-refractivity contribution in [3.05, 3.63) is 29.3 Å². The van der Waals surface area contributed by atoms with Crippen molar-refractivity contribution in [1.29, 1.82) is 0 Å². The van der Waals surface area contributed by atoms with Crippen LogP contribution in [0.15, 0.2) is 18.2 Å². The molecule has 0 spiro atoms. The quantitative estimate of drug-likeness (QED) is 0.595. The van der Waals surface area contributed by atoms with Crippen molar-refractivity contribution in [1.82, 2.24) is 0 Å². The Bertz CT molecular complexity index is 337. The van der Waals surface area contributed by atoms with E-state index in [0.717, 1.165) is 5.56 Å². The molecule has 0 bridgehead atoms.